The van der Waals surface area contributed by atoms with Crippen LogP contribution in [0.5, 0.6) is 5.75 Å². The van der Waals surface area contributed by atoms with Crippen molar-refractivity contribution in [1.82, 2.24) is 15.1 Å². The van der Waals surface area contributed by atoms with Gasteiger partial charge >= 0.3 is 0 Å². The van der Waals surface area contributed by atoms with Crippen LogP contribution in [-0.4, -0.2) is 23.4 Å². The SMILES string of the molecule is CCOc1ccc(-n2nc(C)c(CNC)c2C)cc1. The molecule has 2 rings (SSSR count). The van der Waals surface area contributed by atoms with Crippen molar-refractivity contribution in [3.8, 4) is 11.4 Å². The molecule has 0 aliphatic heterocycles. The van der Waals surface area contributed by atoms with Crippen LogP contribution < -0.4 is 10.1 Å². The van der Waals surface area contributed by atoms with Crippen LogP contribution in [0.3, 0.4) is 0 Å². The number of nitrogens with one attached hydrogen (secondary N) is 1. The Labute approximate surface area is 114 Å². The summed E-state index contributed by atoms with van der Waals surface area (Å²) in [6.07, 6.45) is 0. The summed E-state index contributed by atoms with van der Waals surface area (Å²) in [4.78, 5) is 0. The van der Waals surface area contributed by atoms with E-state index in [2.05, 4.69) is 17.3 Å². The van der Waals surface area contributed by atoms with E-state index in [9.17, 15) is 0 Å². The molecule has 4 heteroatoms. The van der Waals surface area contributed by atoms with E-state index in [1.165, 1.54) is 11.3 Å². The maximum Gasteiger partial charge on any atom is 0.119 e. The van der Waals surface area contributed by atoms with Gasteiger partial charge in [-0.2, -0.15) is 5.10 Å². The molecular weight excluding hydrogens is 238 g/mol. The number of hydrogen-bond donors (Lipinski definition) is 1. The molecule has 1 heterocycles. The molecule has 0 aliphatic carbocycles. The zero-order valence-corrected chi connectivity index (χ0v) is 12.0. The second-order valence-electron chi connectivity index (χ2n) is 4.52. The van der Waals surface area contributed by atoms with E-state index in [0.717, 1.165) is 23.7 Å². The Morgan fingerprint density at radius 3 is 2.47 bits per heavy atom. The second-order valence-corrected chi connectivity index (χ2v) is 4.52. The fourth-order valence-corrected chi connectivity index (χ4v) is 2.21. The van der Waals surface area contributed by atoms with E-state index in [1.807, 2.05) is 49.8 Å². The van der Waals surface area contributed by atoms with E-state index in [1.54, 1.807) is 0 Å². The number of aromatic nitrogens is 2. The summed E-state index contributed by atoms with van der Waals surface area (Å²) in [7, 11) is 1.95. The van der Waals surface area contributed by atoms with Crippen LogP contribution in [0.4, 0.5) is 0 Å². The highest BCUT2D eigenvalue weighted by atomic mass is 16.5. The monoisotopic (exact) mass is 259 g/mol. The highest BCUT2D eigenvalue weighted by molar-refractivity contribution is 5.40. The van der Waals surface area contributed by atoms with Crippen LogP contribution in [0.2, 0.25) is 0 Å². The summed E-state index contributed by atoms with van der Waals surface area (Å²) >= 11 is 0. The summed E-state index contributed by atoms with van der Waals surface area (Å²) in [5, 5.41) is 7.79. The first-order valence-corrected chi connectivity index (χ1v) is 6.60. The number of nitrogens with zero attached hydrogens (tertiary/aromatic N) is 2. The topological polar surface area (TPSA) is 39.1 Å². The molecule has 0 amide bonds. The van der Waals surface area contributed by atoms with Crippen LogP contribution in [0.15, 0.2) is 24.3 Å². The summed E-state index contributed by atoms with van der Waals surface area (Å²) < 4.78 is 7.44. The van der Waals surface area contributed by atoms with Gasteiger partial charge in [0.05, 0.1) is 18.0 Å². The second kappa shape index (κ2) is 5.89. The molecule has 0 aliphatic rings. The van der Waals surface area contributed by atoms with Gasteiger partial charge in [-0.25, -0.2) is 4.68 Å². The molecule has 4 nitrogen and oxygen atoms in total. The van der Waals surface area contributed by atoms with Crippen LogP contribution >= 0.6 is 0 Å². The zero-order chi connectivity index (χ0) is 13.8. The molecule has 1 aromatic carbocycles. The van der Waals surface area contributed by atoms with Crippen LogP contribution in [0, 0.1) is 13.8 Å². The maximum atomic E-state index is 5.45. The number of aryl methyl sites for hydroxylation is 1. The average molecular weight is 259 g/mol. The van der Waals surface area contributed by atoms with E-state index >= 15 is 0 Å². The predicted octanol–water partition coefficient (Wildman–Crippen LogP) is 2.61. The third-order valence-corrected chi connectivity index (χ3v) is 3.19. The fraction of sp³-hybridized carbons (Fsp3) is 0.400. The Morgan fingerprint density at radius 1 is 1.21 bits per heavy atom. The number of ether oxygens (including phenoxy) is 1. The minimum Gasteiger partial charge on any atom is -0.494 e. The average Bonchev–Trinajstić information content (AvgIpc) is 2.69. The van der Waals surface area contributed by atoms with Crippen molar-refractivity contribution >= 4 is 0 Å². The van der Waals surface area contributed by atoms with E-state index < -0.39 is 0 Å². The van der Waals surface area contributed by atoms with Gasteiger partial charge in [0.15, 0.2) is 0 Å². The summed E-state index contributed by atoms with van der Waals surface area (Å²) in [5.74, 6) is 0.892. The molecule has 0 atom stereocenters. The molecule has 0 bridgehead atoms. The molecule has 0 fully saturated rings. The normalized spacial score (nSPS) is 10.7. The minimum atomic E-state index is 0.686. The zero-order valence-electron chi connectivity index (χ0n) is 12.0. The van der Waals surface area contributed by atoms with Crippen LogP contribution in [-0.2, 0) is 6.54 Å². The Balaban J connectivity index is 2.33. The molecule has 19 heavy (non-hydrogen) atoms. The summed E-state index contributed by atoms with van der Waals surface area (Å²) in [6.45, 7) is 7.66. The summed E-state index contributed by atoms with van der Waals surface area (Å²) in [6, 6.07) is 8.03. The van der Waals surface area contributed by atoms with Crippen molar-refractivity contribution in [3.05, 3.63) is 41.2 Å². The predicted molar refractivity (Wildman–Crippen MR) is 77.0 cm³/mol. The van der Waals surface area contributed by atoms with E-state index in [4.69, 9.17) is 4.74 Å². The van der Waals surface area contributed by atoms with Gasteiger partial charge in [-0.3, -0.25) is 0 Å². The highest BCUT2D eigenvalue weighted by Gasteiger charge is 2.11. The minimum absolute atomic E-state index is 0.686. The van der Waals surface area contributed by atoms with Gasteiger partial charge in [0.1, 0.15) is 5.75 Å². The molecule has 1 N–H and O–H groups in total. The smallest absolute Gasteiger partial charge is 0.119 e. The molecule has 0 saturated carbocycles. The van der Waals surface area contributed by atoms with Crippen molar-refractivity contribution in [1.29, 1.82) is 0 Å². The Morgan fingerprint density at radius 2 is 1.89 bits per heavy atom. The fourth-order valence-electron chi connectivity index (χ4n) is 2.21. The Bertz CT molecular complexity index is 543. The van der Waals surface area contributed by atoms with Gasteiger partial charge in [0, 0.05) is 17.8 Å². The van der Waals surface area contributed by atoms with Crippen LogP contribution in [0.25, 0.3) is 5.69 Å². The molecule has 102 valence electrons. The molecule has 0 spiro atoms. The lowest BCUT2D eigenvalue weighted by molar-refractivity contribution is 0.340. The van der Waals surface area contributed by atoms with Gasteiger partial charge in [0.2, 0.25) is 0 Å². The third-order valence-electron chi connectivity index (χ3n) is 3.19. The van der Waals surface area contributed by atoms with Gasteiger partial charge in [-0.1, -0.05) is 0 Å². The number of hydrogen-bond acceptors (Lipinski definition) is 3. The Kier molecular flexibility index (Phi) is 4.22. The highest BCUT2D eigenvalue weighted by Crippen LogP contribution is 2.20. The Hall–Kier alpha value is -1.81. The first kappa shape index (κ1) is 13.6. The van der Waals surface area contributed by atoms with Crippen molar-refractivity contribution in [2.45, 2.75) is 27.3 Å². The maximum absolute atomic E-state index is 5.45. The molecule has 0 saturated heterocycles. The lowest BCUT2D eigenvalue weighted by Crippen LogP contribution is -2.07. The van der Waals surface area contributed by atoms with Crippen molar-refractivity contribution in [2.75, 3.05) is 13.7 Å². The van der Waals surface area contributed by atoms with Gasteiger partial charge in [-0.15, -0.1) is 0 Å². The number of benzene rings is 1. The van der Waals surface area contributed by atoms with Crippen molar-refractivity contribution in [3.63, 3.8) is 0 Å². The van der Waals surface area contributed by atoms with E-state index in [0.29, 0.717) is 6.61 Å². The lowest BCUT2D eigenvalue weighted by Gasteiger charge is -2.07. The number of rotatable bonds is 5. The molecular formula is C15H21N3O. The molecule has 2 aromatic rings. The van der Waals surface area contributed by atoms with Crippen LogP contribution in [0.1, 0.15) is 23.9 Å². The lowest BCUT2D eigenvalue weighted by atomic mass is 10.2. The first-order chi connectivity index (χ1) is 9.17. The molecule has 0 radical (unpaired) electrons. The first-order valence-electron chi connectivity index (χ1n) is 6.60. The summed E-state index contributed by atoms with van der Waals surface area (Å²) in [5.41, 5.74) is 4.57. The quantitative estimate of drug-likeness (QED) is 0.897. The molecule has 0 unspecified atom stereocenters. The van der Waals surface area contributed by atoms with E-state index in [-0.39, 0.29) is 0 Å². The standard InChI is InChI=1S/C15H21N3O/c1-5-19-14-8-6-13(7-9-14)18-12(3)15(10-16-4)11(2)17-18/h6-9,16H,5,10H2,1-4H3. The van der Waals surface area contributed by atoms with Gasteiger partial charge in [0.25, 0.3) is 0 Å². The largest absolute Gasteiger partial charge is 0.494 e. The molecule has 1 aromatic heterocycles. The third kappa shape index (κ3) is 2.79. The van der Waals surface area contributed by atoms with Gasteiger partial charge in [-0.05, 0) is 52.1 Å². The van der Waals surface area contributed by atoms with Crippen molar-refractivity contribution < 1.29 is 4.74 Å². The van der Waals surface area contributed by atoms with Crippen molar-refractivity contribution in [2.24, 2.45) is 0 Å². The van der Waals surface area contributed by atoms with Gasteiger partial charge < -0.3 is 10.1 Å².